The van der Waals surface area contributed by atoms with E-state index in [4.69, 9.17) is 0 Å². The van der Waals surface area contributed by atoms with E-state index in [0.717, 1.165) is 11.1 Å². The van der Waals surface area contributed by atoms with Crippen molar-refractivity contribution >= 4 is 23.3 Å². The molecule has 0 heterocycles. The summed E-state index contributed by atoms with van der Waals surface area (Å²) < 4.78 is 0. The van der Waals surface area contributed by atoms with Gasteiger partial charge >= 0.3 is 0 Å². The van der Waals surface area contributed by atoms with Crippen LogP contribution in [0.15, 0.2) is 42.5 Å². The number of nitrogens with one attached hydrogen (secondary N) is 2. The largest absolute Gasteiger partial charge is 0.347 e. The molecular weight excluding hydrogens is 352 g/mol. The molecule has 148 valence electrons. The third kappa shape index (κ3) is 6.34. The van der Waals surface area contributed by atoms with E-state index >= 15 is 0 Å². The van der Waals surface area contributed by atoms with Gasteiger partial charge in [0.05, 0.1) is 0 Å². The topological polar surface area (TPSA) is 75.3 Å². The smallest absolute Gasteiger partial charge is 0.251 e. The summed E-state index contributed by atoms with van der Waals surface area (Å²) in [5, 5.41) is 5.65. The van der Waals surface area contributed by atoms with Gasteiger partial charge in [-0.15, -0.1) is 0 Å². The lowest BCUT2D eigenvalue weighted by molar-refractivity contribution is -0.116. The Bertz CT molecular complexity index is 878. The van der Waals surface area contributed by atoms with E-state index < -0.39 is 0 Å². The van der Waals surface area contributed by atoms with Crippen molar-refractivity contribution in [1.29, 1.82) is 0 Å². The summed E-state index contributed by atoms with van der Waals surface area (Å²) in [4.78, 5) is 36.7. The molecule has 0 atom stereocenters. The highest BCUT2D eigenvalue weighted by molar-refractivity contribution is 6.01. The van der Waals surface area contributed by atoms with Crippen molar-refractivity contribution in [1.82, 2.24) is 5.32 Å². The fourth-order valence-electron chi connectivity index (χ4n) is 2.74. The standard InChI is InChI=1S/C23H28N2O3/c1-15-6-7-16(2)19(14-15)20(26)12-13-21(27)24-18-10-8-17(9-11-18)22(28)25-23(3,4)5/h6-11,14H,12-13H2,1-5H3,(H,24,27)(H,25,28). The van der Waals surface area contributed by atoms with Crippen molar-refractivity contribution in [3.8, 4) is 0 Å². The predicted octanol–water partition coefficient (Wildman–Crippen LogP) is 4.43. The van der Waals surface area contributed by atoms with E-state index in [1.54, 1.807) is 24.3 Å². The average Bonchev–Trinajstić information content (AvgIpc) is 2.61. The van der Waals surface area contributed by atoms with Gasteiger partial charge in [0.2, 0.25) is 5.91 Å². The Labute approximate surface area is 166 Å². The molecule has 2 amide bonds. The minimum absolute atomic E-state index is 0.0365. The van der Waals surface area contributed by atoms with Crippen LogP contribution in [0.4, 0.5) is 5.69 Å². The van der Waals surface area contributed by atoms with Gasteiger partial charge in [0.25, 0.3) is 5.91 Å². The second-order valence-electron chi connectivity index (χ2n) is 8.07. The molecule has 2 aromatic rings. The molecule has 0 saturated heterocycles. The van der Waals surface area contributed by atoms with Gasteiger partial charge in [-0.05, 0) is 70.5 Å². The molecule has 0 saturated carbocycles. The molecule has 0 aromatic heterocycles. The number of amides is 2. The van der Waals surface area contributed by atoms with Gasteiger partial charge in [0.1, 0.15) is 0 Å². The minimum Gasteiger partial charge on any atom is -0.347 e. The van der Waals surface area contributed by atoms with Gasteiger partial charge < -0.3 is 10.6 Å². The average molecular weight is 380 g/mol. The van der Waals surface area contributed by atoms with E-state index in [0.29, 0.717) is 16.8 Å². The molecule has 2 aromatic carbocycles. The molecule has 0 fully saturated rings. The van der Waals surface area contributed by atoms with Crippen LogP contribution >= 0.6 is 0 Å². The third-order valence-electron chi connectivity index (χ3n) is 4.19. The quantitative estimate of drug-likeness (QED) is 0.728. The SMILES string of the molecule is Cc1ccc(C)c(C(=O)CCC(=O)Nc2ccc(C(=O)NC(C)(C)C)cc2)c1. The highest BCUT2D eigenvalue weighted by atomic mass is 16.2. The maximum absolute atomic E-state index is 12.4. The summed E-state index contributed by atoms with van der Waals surface area (Å²) >= 11 is 0. The zero-order chi connectivity index (χ0) is 20.9. The summed E-state index contributed by atoms with van der Waals surface area (Å²) in [7, 11) is 0. The number of carbonyl (C=O) groups is 3. The lowest BCUT2D eigenvalue weighted by atomic mass is 9.99. The molecule has 5 nitrogen and oxygen atoms in total. The Morgan fingerprint density at radius 3 is 2.14 bits per heavy atom. The number of carbonyl (C=O) groups excluding carboxylic acids is 3. The van der Waals surface area contributed by atoms with Gasteiger partial charge in [0, 0.05) is 35.2 Å². The lowest BCUT2D eigenvalue weighted by Crippen LogP contribution is -2.40. The number of benzene rings is 2. The van der Waals surface area contributed by atoms with Crippen LogP contribution in [-0.4, -0.2) is 23.1 Å². The van der Waals surface area contributed by atoms with Crippen molar-refractivity contribution in [3.63, 3.8) is 0 Å². The molecule has 2 rings (SSSR count). The lowest BCUT2D eigenvalue weighted by Gasteiger charge is -2.20. The van der Waals surface area contributed by atoms with Crippen molar-refractivity contribution < 1.29 is 14.4 Å². The highest BCUT2D eigenvalue weighted by Gasteiger charge is 2.15. The minimum atomic E-state index is -0.313. The predicted molar refractivity (Wildman–Crippen MR) is 112 cm³/mol. The first-order chi connectivity index (χ1) is 13.0. The van der Waals surface area contributed by atoms with Crippen molar-refractivity contribution in [2.45, 2.75) is 53.0 Å². The van der Waals surface area contributed by atoms with Crippen LogP contribution in [0.3, 0.4) is 0 Å². The monoisotopic (exact) mass is 380 g/mol. The van der Waals surface area contributed by atoms with E-state index in [1.165, 1.54) is 0 Å². The van der Waals surface area contributed by atoms with Crippen LogP contribution in [-0.2, 0) is 4.79 Å². The van der Waals surface area contributed by atoms with Crippen LogP contribution in [0, 0.1) is 13.8 Å². The van der Waals surface area contributed by atoms with Crippen LogP contribution < -0.4 is 10.6 Å². The number of hydrogen-bond donors (Lipinski definition) is 2. The van der Waals surface area contributed by atoms with E-state index in [1.807, 2.05) is 52.8 Å². The van der Waals surface area contributed by atoms with E-state index in [-0.39, 0.29) is 36.0 Å². The summed E-state index contributed by atoms with van der Waals surface area (Å²) in [5.41, 5.74) is 3.41. The van der Waals surface area contributed by atoms with Crippen molar-refractivity contribution in [2.75, 3.05) is 5.32 Å². The zero-order valence-corrected chi connectivity index (χ0v) is 17.2. The molecule has 0 aliphatic carbocycles. The first-order valence-corrected chi connectivity index (χ1v) is 9.38. The summed E-state index contributed by atoms with van der Waals surface area (Å²) in [6.45, 7) is 9.58. The first-order valence-electron chi connectivity index (χ1n) is 9.38. The van der Waals surface area contributed by atoms with Crippen LogP contribution in [0.5, 0.6) is 0 Å². The summed E-state index contributed by atoms with van der Waals surface area (Å²) in [6.07, 6.45) is 0.265. The fourth-order valence-corrected chi connectivity index (χ4v) is 2.74. The van der Waals surface area contributed by atoms with Crippen molar-refractivity contribution in [2.24, 2.45) is 0 Å². The maximum Gasteiger partial charge on any atom is 0.251 e. The van der Waals surface area contributed by atoms with Crippen LogP contribution in [0.1, 0.15) is 65.5 Å². The summed E-state index contributed by atoms with van der Waals surface area (Å²) in [5.74, 6) is -0.430. The molecule has 0 radical (unpaired) electrons. The number of Topliss-reactive ketones (excluding diaryl/α,β-unsaturated/α-hetero) is 1. The number of hydrogen-bond acceptors (Lipinski definition) is 3. The highest BCUT2D eigenvalue weighted by Crippen LogP contribution is 2.15. The maximum atomic E-state index is 12.4. The van der Waals surface area contributed by atoms with Gasteiger partial charge in [0.15, 0.2) is 5.78 Å². The van der Waals surface area contributed by atoms with Crippen LogP contribution in [0.2, 0.25) is 0 Å². The Morgan fingerprint density at radius 2 is 1.54 bits per heavy atom. The molecule has 28 heavy (non-hydrogen) atoms. The summed E-state index contributed by atoms with van der Waals surface area (Å²) in [6, 6.07) is 12.4. The van der Waals surface area contributed by atoms with Gasteiger partial charge in [-0.2, -0.15) is 0 Å². The zero-order valence-electron chi connectivity index (χ0n) is 17.2. The number of rotatable bonds is 6. The number of aryl methyl sites for hydroxylation is 2. The third-order valence-corrected chi connectivity index (χ3v) is 4.19. The van der Waals surface area contributed by atoms with Crippen molar-refractivity contribution in [3.05, 3.63) is 64.7 Å². The van der Waals surface area contributed by atoms with E-state index in [2.05, 4.69) is 10.6 Å². The fraction of sp³-hybridized carbons (Fsp3) is 0.348. The molecular formula is C23H28N2O3. The molecule has 0 aliphatic rings. The Morgan fingerprint density at radius 1 is 0.893 bits per heavy atom. The number of anilines is 1. The van der Waals surface area contributed by atoms with Gasteiger partial charge in [-0.25, -0.2) is 0 Å². The number of ketones is 1. The Balaban J connectivity index is 1.90. The van der Waals surface area contributed by atoms with Crippen LogP contribution in [0.25, 0.3) is 0 Å². The first kappa shape index (κ1) is 21.4. The molecule has 0 aliphatic heterocycles. The second kappa shape index (κ2) is 8.83. The molecule has 0 spiro atoms. The van der Waals surface area contributed by atoms with Gasteiger partial charge in [-0.3, -0.25) is 14.4 Å². The Kier molecular flexibility index (Phi) is 6.73. The normalized spacial score (nSPS) is 11.0. The molecule has 5 heteroatoms. The van der Waals surface area contributed by atoms with Gasteiger partial charge in [-0.1, -0.05) is 17.7 Å². The Hall–Kier alpha value is -2.95. The molecule has 2 N–H and O–H groups in total. The second-order valence-corrected chi connectivity index (χ2v) is 8.07. The molecule has 0 bridgehead atoms. The molecule has 0 unspecified atom stereocenters. The van der Waals surface area contributed by atoms with E-state index in [9.17, 15) is 14.4 Å².